The van der Waals surface area contributed by atoms with Gasteiger partial charge in [-0.2, -0.15) is 0 Å². The van der Waals surface area contributed by atoms with Crippen LogP contribution in [0, 0.1) is 6.92 Å². The molecule has 28 heavy (non-hydrogen) atoms. The van der Waals surface area contributed by atoms with Crippen molar-refractivity contribution in [1.82, 2.24) is 0 Å². The number of ether oxygens (including phenoxy) is 2. The van der Waals surface area contributed by atoms with E-state index in [4.69, 9.17) is 9.47 Å². The number of aryl methyl sites for hydroxylation is 1. The van der Waals surface area contributed by atoms with Crippen LogP contribution in [0.4, 0.5) is 0 Å². The van der Waals surface area contributed by atoms with Crippen LogP contribution in [0.15, 0.2) is 47.6 Å². The molecule has 0 saturated carbocycles. The Hall–Kier alpha value is -3.42. The van der Waals surface area contributed by atoms with Gasteiger partial charge >= 0.3 is 23.9 Å². The summed E-state index contributed by atoms with van der Waals surface area (Å²) in [6, 6.07) is 6.07. The number of carbonyl (C=O) groups excluding carboxylic acids is 2. The zero-order valence-corrected chi connectivity index (χ0v) is 15.4. The molecule has 0 amide bonds. The van der Waals surface area contributed by atoms with Gasteiger partial charge in [-0.15, -0.1) is 0 Å². The molecule has 0 spiro atoms. The van der Waals surface area contributed by atoms with Crippen molar-refractivity contribution in [1.29, 1.82) is 0 Å². The number of benzene rings is 1. The van der Waals surface area contributed by atoms with E-state index in [9.17, 15) is 29.4 Å². The lowest BCUT2D eigenvalue weighted by atomic mass is 10.00. The molecule has 1 aliphatic rings. The molecule has 148 valence electrons. The molecule has 1 aliphatic carbocycles. The molecular formula is C20H20O8. The minimum Gasteiger partial charge on any atom is -0.478 e. The van der Waals surface area contributed by atoms with Crippen molar-refractivity contribution >= 4 is 23.9 Å². The summed E-state index contributed by atoms with van der Waals surface area (Å²) in [5.74, 6) is -5.48. The first-order valence-electron chi connectivity index (χ1n) is 8.49. The molecule has 0 radical (unpaired) electrons. The molecule has 2 atom stereocenters. The molecule has 0 aromatic heterocycles. The van der Waals surface area contributed by atoms with Gasteiger partial charge in [0.25, 0.3) is 0 Å². The Morgan fingerprint density at radius 3 is 1.82 bits per heavy atom. The fourth-order valence-electron chi connectivity index (χ4n) is 2.46. The van der Waals surface area contributed by atoms with Crippen LogP contribution in [0.1, 0.15) is 35.7 Å². The summed E-state index contributed by atoms with van der Waals surface area (Å²) in [7, 11) is 0. The number of esters is 2. The lowest BCUT2D eigenvalue weighted by Crippen LogP contribution is -2.46. The molecule has 8 heteroatoms. The summed E-state index contributed by atoms with van der Waals surface area (Å²) in [5, 5.41) is 18.7. The first-order chi connectivity index (χ1) is 13.2. The van der Waals surface area contributed by atoms with E-state index in [1.54, 1.807) is 25.1 Å². The van der Waals surface area contributed by atoms with Crippen molar-refractivity contribution in [2.24, 2.45) is 0 Å². The minimum absolute atomic E-state index is 0.0444. The number of rotatable bonds is 7. The molecule has 2 N–H and O–H groups in total. The SMILES string of the molecule is CC1=CC=C(C(=O)OC(C(=O)O)C(OC(=O)c2ccc(C)cc2)C(=O)O)CC1. The van der Waals surface area contributed by atoms with Gasteiger partial charge in [-0.05, 0) is 38.8 Å². The van der Waals surface area contributed by atoms with Crippen LogP contribution in [-0.2, 0) is 23.9 Å². The summed E-state index contributed by atoms with van der Waals surface area (Å²) in [4.78, 5) is 47.4. The zero-order valence-electron chi connectivity index (χ0n) is 15.4. The maximum Gasteiger partial charge on any atom is 0.349 e. The Kier molecular flexibility index (Phi) is 6.70. The predicted molar refractivity (Wildman–Crippen MR) is 96.6 cm³/mol. The van der Waals surface area contributed by atoms with Crippen LogP contribution in [-0.4, -0.2) is 46.3 Å². The monoisotopic (exact) mass is 388 g/mol. The largest absolute Gasteiger partial charge is 0.478 e. The van der Waals surface area contributed by atoms with Gasteiger partial charge in [-0.1, -0.05) is 35.4 Å². The summed E-state index contributed by atoms with van der Waals surface area (Å²) >= 11 is 0. The molecule has 0 fully saturated rings. The van der Waals surface area contributed by atoms with Crippen LogP contribution in [0.3, 0.4) is 0 Å². The van der Waals surface area contributed by atoms with Crippen molar-refractivity contribution in [3.8, 4) is 0 Å². The van der Waals surface area contributed by atoms with E-state index in [-0.39, 0.29) is 11.1 Å². The molecule has 0 bridgehead atoms. The van der Waals surface area contributed by atoms with Crippen LogP contribution in [0.25, 0.3) is 0 Å². The van der Waals surface area contributed by atoms with E-state index in [0.717, 1.165) is 11.1 Å². The van der Waals surface area contributed by atoms with Crippen molar-refractivity contribution in [3.63, 3.8) is 0 Å². The van der Waals surface area contributed by atoms with E-state index < -0.39 is 36.1 Å². The molecule has 0 heterocycles. The minimum atomic E-state index is -2.20. The second kappa shape index (κ2) is 8.98. The number of carboxylic acids is 2. The summed E-state index contributed by atoms with van der Waals surface area (Å²) in [5.41, 5.74) is 2.17. The molecule has 0 aliphatic heterocycles. The highest BCUT2D eigenvalue weighted by atomic mass is 16.6. The normalized spacial score (nSPS) is 15.5. The molecule has 2 rings (SSSR count). The predicted octanol–water partition coefficient (Wildman–Crippen LogP) is 2.27. The second-order valence-corrected chi connectivity index (χ2v) is 6.40. The van der Waals surface area contributed by atoms with Gasteiger partial charge < -0.3 is 19.7 Å². The maximum atomic E-state index is 12.2. The average Bonchev–Trinajstić information content (AvgIpc) is 2.64. The lowest BCUT2D eigenvalue weighted by Gasteiger charge is -2.22. The van der Waals surface area contributed by atoms with E-state index in [2.05, 4.69) is 0 Å². The van der Waals surface area contributed by atoms with Crippen LogP contribution in [0.5, 0.6) is 0 Å². The Morgan fingerprint density at radius 1 is 0.821 bits per heavy atom. The third-order valence-electron chi connectivity index (χ3n) is 4.14. The van der Waals surface area contributed by atoms with Gasteiger partial charge in [0.05, 0.1) is 5.56 Å². The average molecular weight is 388 g/mol. The number of carbonyl (C=O) groups is 4. The fourth-order valence-corrected chi connectivity index (χ4v) is 2.46. The van der Waals surface area contributed by atoms with E-state index in [0.29, 0.717) is 12.8 Å². The highest BCUT2D eigenvalue weighted by molar-refractivity contribution is 5.95. The van der Waals surface area contributed by atoms with Gasteiger partial charge in [-0.25, -0.2) is 19.2 Å². The van der Waals surface area contributed by atoms with Gasteiger partial charge in [0.15, 0.2) is 0 Å². The smallest absolute Gasteiger partial charge is 0.349 e. The topological polar surface area (TPSA) is 127 Å². The van der Waals surface area contributed by atoms with Gasteiger partial charge in [0.2, 0.25) is 12.2 Å². The Labute approximate surface area is 161 Å². The lowest BCUT2D eigenvalue weighted by molar-refractivity contribution is -0.177. The van der Waals surface area contributed by atoms with Gasteiger partial charge in [-0.3, -0.25) is 0 Å². The maximum absolute atomic E-state index is 12.2. The van der Waals surface area contributed by atoms with E-state index in [1.807, 2.05) is 6.92 Å². The molecule has 2 unspecified atom stereocenters. The molecule has 1 aromatic rings. The van der Waals surface area contributed by atoms with E-state index >= 15 is 0 Å². The fraction of sp³-hybridized carbons (Fsp3) is 0.300. The van der Waals surface area contributed by atoms with E-state index in [1.165, 1.54) is 18.2 Å². The number of aliphatic carboxylic acids is 2. The quantitative estimate of drug-likeness (QED) is 0.681. The Bertz CT molecular complexity index is 847. The number of allylic oxidation sites excluding steroid dienone is 3. The summed E-state index contributed by atoms with van der Waals surface area (Å²) in [6.45, 7) is 3.68. The highest BCUT2D eigenvalue weighted by Crippen LogP contribution is 2.20. The third-order valence-corrected chi connectivity index (χ3v) is 4.14. The van der Waals surface area contributed by atoms with Crippen LogP contribution >= 0.6 is 0 Å². The molecule has 0 saturated heterocycles. The first kappa shape index (κ1) is 20.9. The van der Waals surface area contributed by atoms with Crippen LogP contribution < -0.4 is 0 Å². The third kappa shape index (κ3) is 5.29. The van der Waals surface area contributed by atoms with Gasteiger partial charge in [0.1, 0.15) is 0 Å². The molecule has 1 aromatic carbocycles. The standard InChI is InChI=1S/C20H20O8/c1-11-3-7-13(8-4-11)19(25)27-15(17(21)22)16(18(23)24)28-20(26)14-9-5-12(2)6-10-14/h3-5,7-9,15-16H,6,10H2,1-2H3,(H,21,22)(H,23,24). The van der Waals surface area contributed by atoms with Crippen LogP contribution in [0.2, 0.25) is 0 Å². The summed E-state index contributed by atoms with van der Waals surface area (Å²) < 4.78 is 9.71. The number of carboxylic acid groups (broad SMARTS) is 2. The number of hydrogen-bond acceptors (Lipinski definition) is 6. The van der Waals surface area contributed by atoms with Crippen molar-refractivity contribution in [3.05, 3.63) is 58.7 Å². The first-order valence-corrected chi connectivity index (χ1v) is 8.49. The molecule has 8 nitrogen and oxygen atoms in total. The Balaban J connectivity index is 2.18. The highest BCUT2D eigenvalue weighted by Gasteiger charge is 2.41. The Morgan fingerprint density at radius 2 is 1.36 bits per heavy atom. The van der Waals surface area contributed by atoms with Crippen molar-refractivity contribution in [2.75, 3.05) is 0 Å². The molecular weight excluding hydrogens is 368 g/mol. The number of hydrogen-bond donors (Lipinski definition) is 2. The van der Waals surface area contributed by atoms with Crippen molar-refractivity contribution in [2.45, 2.75) is 38.9 Å². The zero-order chi connectivity index (χ0) is 20.8. The van der Waals surface area contributed by atoms with Gasteiger partial charge in [0, 0.05) is 5.57 Å². The van der Waals surface area contributed by atoms with Crippen molar-refractivity contribution < 1.29 is 38.9 Å². The second-order valence-electron chi connectivity index (χ2n) is 6.40. The summed E-state index contributed by atoms with van der Waals surface area (Å²) in [6.07, 6.45) is -0.252.